The number of hydrogen-bond donors (Lipinski definition) is 1. The Bertz CT molecular complexity index is 505. The van der Waals surface area contributed by atoms with Gasteiger partial charge in [0, 0.05) is 12.1 Å². The lowest BCUT2D eigenvalue weighted by Crippen LogP contribution is -2.05. The van der Waals surface area contributed by atoms with Crippen LogP contribution >= 0.6 is 0 Å². The first-order valence-corrected chi connectivity index (χ1v) is 5.88. The summed E-state index contributed by atoms with van der Waals surface area (Å²) in [6, 6.07) is 10.3. The largest absolute Gasteiger partial charge is 0.493 e. The van der Waals surface area contributed by atoms with Gasteiger partial charge in [-0.1, -0.05) is 0 Å². The third-order valence-electron chi connectivity index (χ3n) is 3.04. The highest BCUT2D eigenvalue weighted by atomic mass is 16.5. The van der Waals surface area contributed by atoms with E-state index in [4.69, 9.17) is 9.15 Å². The van der Waals surface area contributed by atoms with Crippen molar-refractivity contribution in [2.24, 2.45) is 0 Å². The van der Waals surface area contributed by atoms with Crippen molar-refractivity contribution in [1.82, 2.24) is 0 Å². The fraction of sp³-hybridized carbons (Fsp3) is 0.286. The molecule has 3 rings (SSSR count). The number of benzene rings is 1. The van der Waals surface area contributed by atoms with Gasteiger partial charge in [0.05, 0.1) is 18.9 Å². The standard InChI is InChI=1S/C14H15NO2/c1-10(13-3-2-7-16-13)15-12-4-5-14-11(9-12)6-8-17-14/h2-5,7,9-10,15H,6,8H2,1H3. The van der Waals surface area contributed by atoms with Crippen molar-refractivity contribution >= 4 is 5.69 Å². The molecule has 3 nitrogen and oxygen atoms in total. The molecule has 1 N–H and O–H groups in total. The van der Waals surface area contributed by atoms with Gasteiger partial charge in [0.15, 0.2) is 0 Å². The van der Waals surface area contributed by atoms with E-state index in [9.17, 15) is 0 Å². The van der Waals surface area contributed by atoms with Gasteiger partial charge in [-0.2, -0.15) is 0 Å². The Labute approximate surface area is 100 Å². The molecule has 3 heteroatoms. The van der Waals surface area contributed by atoms with Gasteiger partial charge in [-0.15, -0.1) is 0 Å². The maximum atomic E-state index is 5.48. The minimum atomic E-state index is 0.172. The van der Waals surface area contributed by atoms with Crippen LogP contribution < -0.4 is 10.1 Å². The predicted octanol–water partition coefficient (Wildman–Crippen LogP) is 3.39. The molecule has 1 atom stereocenters. The lowest BCUT2D eigenvalue weighted by Gasteiger charge is -2.13. The van der Waals surface area contributed by atoms with Crippen LogP contribution in [-0.4, -0.2) is 6.61 Å². The molecule has 88 valence electrons. The van der Waals surface area contributed by atoms with E-state index in [2.05, 4.69) is 18.3 Å². The molecule has 0 saturated heterocycles. The van der Waals surface area contributed by atoms with Crippen LogP contribution in [0.4, 0.5) is 5.69 Å². The number of hydrogen-bond acceptors (Lipinski definition) is 3. The molecule has 0 bridgehead atoms. The third kappa shape index (κ3) is 2.00. The molecular formula is C14H15NO2. The minimum absolute atomic E-state index is 0.172. The highest BCUT2D eigenvalue weighted by molar-refractivity contribution is 5.53. The van der Waals surface area contributed by atoms with E-state index in [1.807, 2.05) is 24.3 Å². The molecule has 1 aromatic carbocycles. The molecule has 1 aromatic heterocycles. The molecular weight excluding hydrogens is 214 g/mol. The van der Waals surface area contributed by atoms with E-state index in [0.29, 0.717) is 0 Å². The quantitative estimate of drug-likeness (QED) is 0.876. The number of anilines is 1. The summed E-state index contributed by atoms with van der Waals surface area (Å²) in [4.78, 5) is 0. The zero-order valence-electron chi connectivity index (χ0n) is 9.77. The van der Waals surface area contributed by atoms with Crippen LogP contribution in [0.1, 0.15) is 24.3 Å². The Balaban J connectivity index is 1.77. The smallest absolute Gasteiger partial charge is 0.125 e. The third-order valence-corrected chi connectivity index (χ3v) is 3.04. The fourth-order valence-electron chi connectivity index (χ4n) is 2.14. The fourth-order valence-corrected chi connectivity index (χ4v) is 2.14. The van der Waals surface area contributed by atoms with Crippen molar-refractivity contribution in [1.29, 1.82) is 0 Å². The Morgan fingerprint density at radius 1 is 1.29 bits per heavy atom. The van der Waals surface area contributed by atoms with Gasteiger partial charge in [0.25, 0.3) is 0 Å². The van der Waals surface area contributed by atoms with E-state index < -0.39 is 0 Å². The molecule has 0 spiro atoms. The normalized spacial score (nSPS) is 15.1. The SMILES string of the molecule is CC(Nc1ccc2c(c1)CCO2)c1ccco1. The topological polar surface area (TPSA) is 34.4 Å². The van der Waals surface area contributed by atoms with Crippen molar-refractivity contribution in [3.05, 3.63) is 47.9 Å². The Hall–Kier alpha value is -1.90. The van der Waals surface area contributed by atoms with Gasteiger partial charge >= 0.3 is 0 Å². The van der Waals surface area contributed by atoms with Crippen LogP contribution in [0.25, 0.3) is 0 Å². The average Bonchev–Trinajstić information content (AvgIpc) is 2.99. The molecule has 0 aliphatic carbocycles. The van der Waals surface area contributed by atoms with E-state index >= 15 is 0 Å². The van der Waals surface area contributed by atoms with E-state index in [-0.39, 0.29) is 6.04 Å². The minimum Gasteiger partial charge on any atom is -0.493 e. The Morgan fingerprint density at radius 2 is 2.24 bits per heavy atom. The van der Waals surface area contributed by atoms with E-state index in [0.717, 1.165) is 30.2 Å². The molecule has 1 aliphatic heterocycles. The summed E-state index contributed by atoms with van der Waals surface area (Å²) in [5.74, 6) is 1.96. The second-order valence-corrected chi connectivity index (χ2v) is 4.30. The van der Waals surface area contributed by atoms with Crippen molar-refractivity contribution in [2.45, 2.75) is 19.4 Å². The van der Waals surface area contributed by atoms with Crippen LogP contribution in [0.5, 0.6) is 5.75 Å². The zero-order chi connectivity index (χ0) is 11.7. The summed E-state index contributed by atoms with van der Waals surface area (Å²) in [5.41, 5.74) is 2.39. The van der Waals surface area contributed by atoms with Gasteiger partial charge in [0.1, 0.15) is 11.5 Å². The summed E-state index contributed by atoms with van der Waals surface area (Å²) < 4.78 is 10.9. The van der Waals surface area contributed by atoms with Crippen LogP contribution in [0.15, 0.2) is 41.0 Å². The molecule has 0 fully saturated rings. The van der Waals surface area contributed by atoms with Gasteiger partial charge in [-0.3, -0.25) is 0 Å². The molecule has 0 radical (unpaired) electrons. The second-order valence-electron chi connectivity index (χ2n) is 4.30. The number of furan rings is 1. The number of nitrogens with one attached hydrogen (secondary N) is 1. The molecule has 0 amide bonds. The second kappa shape index (κ2) is 4.17. The monoisotopic (exact) mass is 229 g/mol. The molecule has 0 saturated carbocycles. The van der Waals surface area contributed by atoms with E-state index in [1.54, 1.807) is 6.26 Å². The first kappa shape index (κ1) is 10.3. The molecule has 17 heavy (non-hydrogen) atoms. The van der Waals surface area contributed by atoms with Crippen molar-refractivity contribution in [3.63, 3.8) is 0 Å². The summed E-state index contributed by atoms with van der Waals surface area (Å²) >= 11 is 0. The maximum absolute atomic E-state index is 5.48. The first-order valence-electron chi connectivity index (χ1n) is 5.88. The van der Waals surface area contributed by atoms with Gasteiger partial charge in [0.2, 0.25) is 0 Å². The summed E-state index contributed by atoms with van der Waals surface area (Å²) in [7, 11) is 0. The molecule has 1 unspecified atom stereocenters. The highest BCUT2D eigenvalue weighted by Gasteiger charge is 2.13. The predicted molar refractivity (Wildman–Crippen MR) is 66.4 cm³/mol. The van der Waals surface area contributed by atoms with E-state index in [1.165, 1.54) is 5.56 Å². The van der Waals surface area contributed by atoms with Crippen LogP contribution in [0, 0.1) is 0 Å². The Kier molecular flexibility index (Phi) is 2.52. The molecule has 1 aliphatic rings. The molecule has 2 heterocycles. The lowest BCUT2D eigenvalue weighted by atomic mass is 10.1. The van der Waals surface area contributed by atoms with Crippen molar-refractivity contribution < 1.29 is 9.15 Å². The number of fused-ring (bicyclic) bond motifs is 1. The van der Waals surface area contributed by atoms with Gasteiger partial charge in [-0.05, 0) is 42.8 Å². The van der Waals surface area contributed by atoms with Crippen LogP contribution in [-0.2, 0) is 6.42 Å². The average molecular weight is 229 g/mol. The number of rotatable bonds is 3. The van der Waals surface area contributed by atoms with Gasteiger partial charge < -0.3 is 14.5 Å². The Morgan fingerprint density at radius 3 is 3.06 bits per heavy atom. The summed E-state index contributed by atoms with van der Waals surface area (Å²) in [6.45, 7) is 2.88. The maximum Gasteiger partial charge on any atom is 0.125 e. The van der Waals surface area contributed by atoms with Crippen molar-refractivity contribution in [3.8, 4) is 5.75 Å². The van der Waals surface area contributed by atoms with Crippen LogP contribution in [0.3, 0.4) is 0 Å². The zero-order valence-corrected chi connectivity index (χ0v) is 9.77. The van der Waals surface area contributed by atoms with Crippen LogP contribution in [0.2, 0.25) is 0 Å². The molecule has 2 aromatic rings. The van der Waals surface area contributed by atoms with Crippen molar-refractivity contribution in [2.75, 3.05) is 11.9 Å². The summed E-state index contributed by atoms with van der Waals surface area (Å²) in [6.07, 6.45) is 2.70. The lowest BCUT2D eigenvalue weighted by molar-refractivity contribution is 0.357. The van der Waals surface area contributed by atoms with Gasteiger partial charge in [-0.25, -0.2) is 0 Å². The summed E-state index contributed by atoms with van der Waals surface area (Å²) in [5, 5.41) is 3.42. The number of ether oxygens (including phenoxy) is 1. The highest BCUT2D eigenvalue weighted by Crippen LogP contribution is 2.29. The first-order chi connectivity index (χ1) is 8.33.